The molecular weight excluding hydrogens is 478 g/mol. The van der Waals surface area contributed by atoms with Crippen LogP contribution in [-0.2, 0) is 10.0 Å². The van der Waals surface area contributed by atoms with Gasteiger partial charge in [-0.3, -0.25) is 4.90 Å². The molecule has 0 spiro atoms. The fourth-order valence-electron chi connectivity index (χ4n) is 4.25. The van der Waals surface area contributed by atoms with E-state index in [-0.39, 0.29) is 5.75 Å². The maximum atomic E-state index is 12.5. The molecule has 1 aromatic carbocycles. The first-order chi connectivity index (χ1) is 17.5. The van der Waals surface area contributed by atoms with E-state index in [1.807, 2.05) is 49.4 Å². The third kappa shape index (κ3) is 5.52. The highest BCUT2D eigenvalue weighted by Crippen LogP contribution is 2.23. The van der Waals surface area contributed by atoms with Gasteiger partial charge in [-0.2, -0.15) is 14.2 Å². The monoisotopic (exact) mass is 509 g/mol. The van der Waals surface area contributed by atoms with E-state index < -0.39 is 10.0 Å². The number of hydrogen-bond acceptors (Lipinski definition) is 8. The van der Waals surface area contributed by atoms with Crippen molar-refractivity contribution in [3.63, 3.8) is 0 Å². The average Bonchev–Trinajstić information content (AvgIpc) is 3.64. The number of fused-ring (bicyclic) bond motifs is 1. The summed E-state index contributed by atoms with van der Waals surface area (Å²) in [5, 5.41) is 11.9. The number of hydrogen-bond donors (Lipinski definition) is 1. The number of benzene rings is 1. The van der Waals surface area contributed by atoms with Crippen molar-refractivity contribution >= 4 is 27.3 Å². The van der Waals surface area contributed by atoms with Gasteiger partial charge in [-0.05, 0) is 68.8 Å². The maximum Gasteiger partial charge on any atom is 0.253 e. The van der Waals surface area contributed by atoms with E-state index in [1.54, 1.807) is 4.52 Å². The zero-order valence-electron chi connectivity index (χ0n) is 20.4. The summed E-state index contributed by atoms with van der Waals surface area (Å²) in [6.45, 7) is 5.93. The van der Waals surface area contributed by atoms with Crippen molar-refractivity contribution in [2.75, 3.05) is 37.3 Å². The fraction of sp³-hybridized carbons (Fsp3) is 0.400. The molecular formula is C25H31N7O3S. The summed E-state index contributed by atoms with van der Waals surface area (Å²) in [6.07, 6.45) is 7.02. The van der Waals surface area contributed by atoms with E-state index in [9.17, 15) is 8.42 Å². The predicted molar refractivity (Wildman–Crippen MR) is 139 cm³/mol. The van der Waals surface area contributed by atoms with Crippen LogP contribution in [0.1, 0.15) is 32.6 Å². The quantitative estimate of drug-likeness (QED) is 0.326. The Bertz CT molecular complexity index is 1410. The summed E-state index contributed by atoms with van der Waals surface area (Å²) in [5.41, 5.74) is 2.83. The van der Waals surface area contributed by atoms with Gasteiger partial charge in [0.25, 0.3) is 10.0 Å². The van der Waals surface area contributed by atoms with Gasteiger partial charge in [0.1, 0.15) is 12.4 Å². The molecule has 1 fully saturated rings. The molecule has 0 saturated carbocycles. The van der Waals surface area contributed by atoms with Crippen molar-refractivity contribution in [2.24, 2.45) is 0 Å². The predicted octanol–water partition coefficient (Wildman–Crippen LogP) is 3.79. The standard InChI is InChI=1S/C25H31N7O3S/c1-2-3-17-36(33,34)31-19-20(18-26-31)23-7-6-8-24-28-25(29-32(23)24)27-21-9-11-22(12-10-21)35-16-15-30-13-4-5-14-30/h6-12,18-19H,2-5,13-17H2,1H3,(H,27,29). The van der Waals surface area contributed by atoms with Gasteiger partial charge < -0.3 is 10.1 Å². The van der Waals surface area contributed by atoms with Crippen LogP contribution in [0.15, 0.2) is 54.9 Å². The first-order valence-corrected chi connectivity index (χ1v) is 14.0. The summed E-state index contributed by atoms with van der Waals surface area (Å²) in [6, 6.07) is 13.3. The largest absolute Gasteiger partial charge is 0.492 e. The van der Waals surface area contributed by atoms with E-state index in [0.717, 1.165) is 28.5 Å². The number of likely N-dealkylation sites (tertiary alicyclic amines) is 1. The Hall–Kier alpha value is -3.44. The molecule has 0 atom stereocenters. The molecule has 4 aromatic rings. The number of unbranched alkanes of at least 4 members (excludes halogenated alkanes) is 1. The number of pyridine rings is 1. The molecule has 0 bridgehead atoms. The molecule has 1 aliphatic heterocycles. The summed E-state index contributed by atoms with van der Waals surface area (Å²) in [5.74, 6) is 1.33. The van der Waals surface area contributed by atoms with E-state index in [0.29, 0.717) is 35.9 Å². The van der Waals surface area contributed by atoms with Crippen LogP contribution in [0.5, 0.6) is 5.75 Å². The molecule has 3 aromatic heterocycles. The average molecular weight is 510 g/mol. The first kappa shape index (κ1) is 24.3. The summed E-state index contributed by atoms with van der Waals surface area (Å²) in [4.78, 5) is 6.99. The maximum absolute atomic E-state index is 12.5. The molecule has 1 aliphatic rings. The van der Waals surface area contributed by atoms with Gasteiger partial charge in [0.05, 0.1) is 23.8 Å². The lowest BCUT2D eigenvalue weighted by atomic mass is 10.2. The Balaban J connectivity index is 1.27. The highest BCUT2D eigenvalue weighted by atomic mass is 32.2. The van der Waals surface area contributed by atoms with E-state index in [2.05, 4.69) is 25.4 Å². The van der Waals surface area contributed by atoms with Crippen molar-refractivity contribution in [3.05, 3.63) is 54.9 Å². The Morgan fingerprint density at radius 3 is 2.67 bits per heavy atom. The minimum Gasteiger partial charge on any atom is -0.492 e. The summed E-state index contributed by atoms with van der Waals surface area (Å²) >= 11 is 0. The van der Waals surface area contributed by atoms with Gasteiger partial charge in [-0.15, -0.1) is 5.10 Å². The second-order valence-electron chi connectivity index (χ2n) is 8.93. The number of anilines is 2. The highest BCUT2D eigenvalue weighted by molar-refractivity contribution is 7.89. The van der Waals surface area contributed by atoms with Gasteiger partial charge in [0.2, 0.25) is 5.95 Å². The SMILES string of the molecule is CCCCS(=O)(=O)n1cc(-c2cccc3nc(Nc4ccc(OCCN5CCCC5)cc4)nn23)cn1. The Kier molecular flexibility index (Phi) is 7.19. The lowest BCUT2D eigenvalue weighted by Crippen LogP contribution is -2.25. The van der Waals surface area contributed by atoms with Crippen LogP contribution >= 0.6 is 0 Å². The number of rotatable bonds is 11. The van der Waals surface area contributed by atoms with Crippen LogP contribution in [0, 0.1) is 0 Å². The molecule has 10 nitrogen and oxygen atoms in total. The van der Waals surface area contributed by atoms with E-state index in [1.165, 1.54) is 38.3 Å². The third-order valence-electron chi connectivity index (χ3n) is 6.24. The molecule has 5 rings (SSSR count). The van der Waals surface area contributed by atoms with Crippen molar-refractivity contribution < 1.29 is 13.2 Å². The number of nitrogens with zero attached hydrogens (tertiary/aromatic N) is 6. The topological polar surface area (TPSA) is 107 Å². The smallest absolute Gasteiger partial charge is 0.253 e. The van der Waals surface area contributed by atoms with E-state index >= 15 is 0 Å². The molecule has 0 amide bonds. The molecule has 11 heteroatoms. The molecule has 0 unspecified atom stereocenters. The van der Waals surface area contributed by atoms with Gasteiger partial charge in [0, 0.05) is 17.8 Å². The van der Waals surface area contributed by atoms with Crippen LogP contribution in [0.25, 0.3) is 16.9 Å². The molecule has 1 N–H and O–H groups in total. The second kappa shape index (κ2) is 10.7. The highest BCUT2D eigenvalue weighted by Gasteiger charge is 2.17. The number of ether oxygens (including phenoxy) is 1. The summed E-state index contributed by atoms with van der Waals surface area (Å²) < 4.78 is 33.6. The molecule has 36 heavy (non-hydrogen) atoms. The zero-order valence-corrected chi connectivity index (χ0v) is 21.2. The first-order valence-electron chi connectivity index (χ1n) is 12.4. The fourth-order valence-corrected chi connectivity index (χ4v) is 5.55. The van der Waals surface area contributed by atoms with E-state index in [4.69, 9.17) is 4.74 Å². The lowest BCUT2D eigenvalue weighted by Gasteiger charge is -2.15. The lowest BCUT2D eigenvalue weighted by molar-refractivity contribution is 0.238. The van der Waals surface area contributed by atoms with Crippen molar-refractivity contribution in [2.45, 2.75) is 32.6 Å². The Morgan fingerprint density at radius 2 is 1.89 bits per heavy atom. The normalized spacial score (nSPS) is 14.5. The molecule has 1 saturated heterocycles. The van der Waals surface area contributed by atoms with Crippen molar-refractivity contribution in [3.8, 4) is 17.0 Å². The Morgan fingerprint density at radius 1 is 1.08 bits per heavy atom. The molecule has 4 heterocycles. The number of nitrogens with one attached hydrogen (secondary N) is 1. The van der Waals surface area contributed by atoms with Crippen LogP contribution in [-0.4, -0.2) is 69.1 Å². The third-order valence-corrected chi connectivity index (χ3v) is 7.82. The van der Waals surface area contributed by atoms with Crippen molar-refractivity contribution in [1.29, 1.82) is 0 Å². The minimum absolute atomic E-state index is 0.0640. The van der Waals surface area contributed by atoms with Gasteiger partial charge in [-0.1, -0.05) is 19.4 Å². The van der Waals surface area contributed by atoms with Crippen LogP contribution in [0.3, 0.4) is 0 Å². The van der Waals surface area contributed by atoms with Gasteiger partial charge in [-0.25, -0.2) is 12.9 Å². The molecule has 0 aliphatic carbocycles. The van der Waals surface area contributed by atoms with Gasteiger partial charge in [0.15, 0.2) is 5.65 Å². The molecule has 0 radical (unpaired) electrons. The molecule has 190 valence electrons. The Labute approximate surface area is 211 Å². The summed E-state index contributed by atoms with van der Waals surface area (Å²) in [7, 11) is -3.48. The van der Waals surface area contributed by atoms with Crippen LogP contribution in [0.4, 0.5) is 11.6 Å². The van der Waals surface area contributed by atoms with Crippen LogP contribution < -0.4 is 10.1 Å². The van der Waals surface area contributed by atoms with Crippen molar-refractivity contribution in [1.82, 2.24) is 28.7 Å². The second-order valence-corrected chi connectivity index (χ2v) is 10.9. The minimum atomic E-state index is -3.48. The zero-order chi connectivity index (χ0) is 25.0. The van der Waals surface area contributed by atoms with Gasteiger partial charge >= 0.3 is 0 Å². The number of aromatic nitrogens is 5. The van der Waals surface area contributed by atoms with Crippen LogP contribution in [0.2, 0.25) is 0 Å².